The highest BCUT2D eigenvalue weighted by molar-refractivity contribution is 8.13. The molecule has 1 aliphatic heterocycles. The summed E-state index contributed by atoms with van der Waals surface area (Å²) in [6.07, 6.45) is 0.686. The van der Waals surface area contributed by atoms with Crippen LogP contribution in [0.1, 0.15) is 34.1 Å². The standard InChI is InChI=1S/C14H19ClO4S/c1-13(2)9-12(14(3,4)19-13)18-10-5-7-11(8-6-10)20(15,16)17/h5-8,12H,9H2,1-4H3. The van der Waals surface area contributed by atoms with Gasteiger partial charge in [-0.15, -0.1) is 0 Å². The average Bonchev–Trinajstić information content (AvgIpc) is 2.46. The van der Waals surface area contributed by atoms with Crippen molar-refractivity contribution in [1.29, 1.82) is 0 Å². The van der Waals surface area contributed by atoms with E-state index in [-0.39, 0.29) is 22.2 Å². The molecular formula is C14H19ClO4S. The first-order valence-corrected chi connectivity index (χ1v) is 8.72. The lowest BCUT2D eigenvalue weighted by molar-refractivity contribution is -0.0846. The molecule has 0 radical (unpaired) electrons. The zero-order valence-electron chi connectivity index (χ0n) is 12.0. The zero-order chi connectivity index (χ0) is 15.2. The van der Waals surface area contributed by atoms with Crippen LogP contribution in [0.5, 0.6) is 5.75 Å². The predicted molar refractivity (Wildman–Crippen MR) is 77.8 cm³/mol. The van der Waals surface area contributed by atoms with Crippen molar-refractivity contribution in [3.05, 3.63) is 24.3 Å². The Balaban J connectivity index is 2.15. The van der Waals surface area contributed by atoms with Crippen LogP contribution in [0.15, 0.2) is 29.2 Å². The highest BCUT2D eigenvalue weighted by atomic mass is 35.7. The summed E-state index contributed by atoms with van der Waals surface area (Å²) in [5.74, 6) is 0.605. The van der Waals surface area contributed by atoms with Gasteiger partial charge < -0.3 is 9.47 Å². The van der Waals surface area contributed by atoms with E-state index in [9.17, 15) is 8.42 Å². The maximum Gasteiger partial charge on any atom is 0.261 e. The van der Waals surface area contributed by atoms with Crippen LogP contribution in [0.25, 0.3) is 0 Å². The van der Waals surface area contributed by atoms with E-state index in [1.54, 1.807) is 12.1 Å². The van der Waals surface area contributed by atoms with Crippen molar-refractivity contribution in [3.63, 3.8) is 0 Å². The number of hydrogen-bond acceptors (Lipinski definition) is 4. The van der Waals surface area contributed by atoms with E-state index in [2.05, 4.69) is 0 Å². The van der Waals surface area contributed by atoms with Crippen molar-refractivity contribution in [2.45, 2.75) is 56.3 Å². The molecule has 112 valence electrons. The van der Waals surface area contributed by atoms with Crippen LogP contribution in [0, 0.1) is 0 Å². The van der Waals surface area contributed by atoms with Crippen molar-refractivity contribution in [2.24, 2.45) is 0 Å². The van der Waals surface area contributed by atoms with Gasteiger partial charge in [-0.2, -0.15) is 0 Å². The first-order chi connectivity index (χ1) is 9.00. The molecule has 1 saturated heterocycles. The molecule has 1 aromatic carbocycles. The molecule has 0 saturated carbocycles. The van der Waals surface area contributed by atoms with Gasteiger partial charge in [0.2, 0.25) is 0 Å². The monoisotopic (exact) mass is 318 g/mol. The van der Waals surface area contributed by atoms with Crippen molar-refractivity contribution in [1.82, 2.24) is 0 Å². The minimum Gasteiger partial charge on any atom is -0.487 e. The molecule has 20 heavy (non-hydrogen) atoms. The van der Waals surface area contributed by atoms with Crippen LogP contribution in [0.3, 0.4) is 0 Å². The zero-order valence-corrected chi connectivity index (χ0v) is 13.6. The van der Waals surface area contributed by atoms with Gasteiger partial charge in [0, 0.05) is 17.1 Å². The first-order valence-electron chi connectivity index (χ1n) is 6.41. The molecule has 1 unspecified atom stereocenters. The molecule has 0 aromatic heterocycles. The molecule has 1 fully saturated rings. The minimum absolute atomic E-state index is 0.0637. The Bertz CT molecular complexity index is 590. The van der Waals surface area contributed by atoms with Crippen LogP contribution >= 0.6 is 10.7 Å². The lowest BCUT2D eigenvalue weighted by Gasteiger charge is -2.27. The second kappa shape index (κ2) is 4.90. The van der Waals surface area contributed by atoms with Gasteiger partial charge in [-0.25, -0.2) is 8.42 Å². The number of ether oxygens (including phenoxy) is 2. The molecule has 0 aliphatic carbocycles. The maximum atomic E-state index is 11.2. The van der Waals surface area contributed by atoms with E-state index in [0.29, 0.717) is 5.75 Å². The van der Waals surface area contributed by atoms with Gasteiger partial charge in [-0.3, -0.25) is 0 Å². The maximum absolute atomic E-state index is 11.2. The molecule has 0 amide bonds. The molecule has 0 N–H and O–H groups in total. The number of rotatable bonds is 3. The Morgan fingerprint density at radius 2 is 1.75 bits per heavy atom. The smallest absolute Gasteiger partial charge is 0.261 e. The summed E-state index contributed by atoms with van der Waals surface area (Å²) in [7, 11) is 1.58. The summed E-state index contributed by atoms with van der Waals surface area (Å²) in [6, 6.07) is 6.09. The molecule has 0 bridgehead atoms. The third-order valence-electron chi connectivity index (χ3n) is 3.38. The molecule has 1 atom stereocenters. The van der Waals surface area contributed by atoms with Gasteiger partial charge in [0.05, 0.1) is 10.5 Å². The Morgan fingerprint density at radius 1 is 1.20 bits per heavy atom. The van der Waals surface area contributed by atoms with Gasteiger partial charge >= 0.3 is 0 Å². The van der Waals surface area contributed by atoms with Crippen LogP contribution in [-0.2, 0) is 13.8 Å². The van der Waals surface area contributed by atoms with E-state index in [1.165, 1.54) is 12.1 Å². The van der Waals surface area contributed by atoms with Crippen molar-refractivity contribution in [3.8, 4) is 5.75 Å². The van der Waals surface area contributed by atoms with E-state index >= 15 is 0 Å². The average molecular weight is 319 g/mol. The second-order valence-electron chi connectivity index (χ2n) is 6.19. The molecule has 1 heterocycles. The Kier molecular flexibility index (Phi) is 3.82. The molecule has 6 heteroatoms. The molecule has 1 aromatic rings. The summed E-state index contributed by atoms with van der Waals surface area (Å²) >= 11 is 0. The van der Waals surface area contributed by atoms with E-state index in [0.717, 1.165) is 6.42 Å². The van der Waals surface area contributed by atoms with Crippen LogP contribution in [0.2, 0.25) is 0 Å². The summed E-state index contributed by atoms with van der Waals surface area (Å²) in [4.78, 5) is 0.0637. The largest absolute Gasteiger partial charge is 0.487 e. The fourth-order valence-electron chi connectivity index (χ4n) is 2.54. The summed E-state index contributed by atoms with van der Waals surface area (Å²) in [5.41, 5.74) is -0.617. The van der Waals surface area contributed by atoms with E-state index in [4.69, 9.17) is 20.2 Å². The minimum atomic E-state index is -3.70. The first kappa shape index (κ1) is 15.6. The van der Waals surface area contributed by atoms with Gasteiger partial charge in [0.15, 0.2) is 0 Å². The molecular weight excluding hydrogens is 300 g/mol. The topological polar surface area (TPSA) is 52.6 Å². The number of halogens is 1. The molecule has 4 nitrogen and oxygen atoms in total. The van der Waals surface area contributed by atoms with Crippen LogP contribution in [0.4, 0.5) is 0 Å². The Hall–Kier alpha value is -0.780. The number of benzene rings is 1. The molecule has 1 aliphatic rings. The van der Waals surface area contributed by atoms with Gasteiger partial charge in [0.1, 0.15) is 17.5 Å². The van der Waals surface area contributed by atoms with Gasteiger partial charge in [0.25, 0.3) is 9.05 Å². The summed E-state index contributed by atoms with van der Waals surface area (Å²) < 4.78 is 34.3. The van der Waals surface area contributed by atoms with Crippen LogP contribution in [-0.4, -0.2) is 25.7 Å². The Morgan fingerprint density at radius 3 is 2.15 bits per heavy atom. The van der Waals surface area contributed by atoms with E-state index < -0.39 is 9.05 Å². The Labute approximate surface area is 124 Å². The van der Waals surface area contributed by atoms with Gasteiger partial charge in [-0.1, -0.05) is 0 Å². The third kappa shape index (κ3) is 3.45. The molecule has 2 rings (SSSR count). The fourth-order valence-corrected chi connectivity index (χ4v) is 3.31. The second-order valence-corrected chi connectivity index (χ2v) is 8.75. The van der Waals surface area contributed by atoms with Crippen molar-refractivity contribution in [2.75, 3.05) is 0 Å². The summed E-state index contributed by atoms with van der Waals surface area (Å²) in [5, 5.41) is 0. The lowest BCUT2D eigenvalue weighted by Crippen LogP contribution is -2.36. The quantitative estimate of drug-likeness (QED) is 0.802. The van der Waals surface area contributed by atoms with Gasteiger partial charge in [-0.05, 0) is 52.0 Å². The fraction of sp³-hybridized carbons (Fsp3) is 0.571. The summed E-state index contributed by atoms with van der Waals surface area (Å²) in [6.45, 7) is 8.04. The normalized spacial score (nSPS) is 24.6. The van der Waals surface area contributed by atoms with Crippen molar-refractivity contribution < 1.29 is 17.9 Å². The SMILES string of the molecule is CC1(C)CC(Oc2ccc(S(=O)(=O)Cl)cc2)C(C)(C)O1. The predicted octanol–water partition coefficient (Wildman–Crippen LogP) is 3.34. The lowest BCUT2D eigenvalue weighted by atomic mass is 9.97. The highest BCUT2D eigenvalue weighted by Gasteiger charge is 2.47. The number of hydrogen-bond donors (Lipinski definition) is 0. The van der Waals surface area contributed by atoms with E-state index in [1.807, 2.05) is 27.7 Å². The highest BCUT2D eigenvalue weighted by Crippen LogP contribution is 2.39. The third-order valence-corrected chi connectivity index (χ3v) is 4.75. The van der Waals surface area contributed by atoms with Crippen LogP contribution < -0.4 is 4.74 Å². The van der Waals surface area contributed by atoms with Crippen molar-refractivity contribution >= 4 is 19.7 Å². The molecule has 0 spiro atoms.